The molecule has 3 aliphatic rings. The molecule has 2 saturated heterocycles. The molecule has 1 spiro atoms. The van der Waals surface area contributed by atoms with Gasteiger partial charge in [-0.1, -0.05) is 13.3 Å². The first-order valence-electron chi connectivity index (χ1n) is 12.0. The Balaban J connectivity index is 1.57. The van der Waals surface area contributed by atoms with E-state index in [1.54, 1.807) is 12.1 Å². The van der Waals surface area contributed by atoms with Crippen molar-refractivity contribution in [3.05, 3.63) is 24.3 Å². The summed E-state index contributed by atoms with van der Waals surface area (Å²) < 4.78 is 29.5. The predicted octanol–water partition coefficient (Wildman–Crippen LogP) is 3.66. The Morgan fingerprint density at radius 3 is 2.59 bits per heavy atom. The molecule has 1 aliphatic carbocycles. The Morgan fingerprint density at radius 2 is 1.91 bits per heavy atom. The van der Waals surface area contributed by atoms with Crippen molar-refractivity contribution in [1.82, 2.24) is 9.62 Å². The van der Waals surface area contributed by atoms with Gasteiger partial charge in [0.25, 0.3) is 0 Å². The van der Waals surface area contributed by atoms with E-state index >= 15 is 0 Å². The lowest BCUT2D eigenvalue weighted by atomic mass is 9.61. The highest BCUT2D eigenvalue weighted by Gasteiger charge is 2.56. The van der Waals surface area contributed by atoms with Crippen molar-refractivity contribution in [1.29, 1.82) is 0 Å². The smallest absolute Gasteiger partial charge is 0.240 e. The first kappa shape index (κ1) is 23.2. The van der Waals surface area contributed by atoms with Crippen molar-refractivity contribution >= 4 is 27.5 Å². The van der Waals surface area contributed by atoms with Crippen LogP contribution >= 0.6 is 0 Å². The fraction of sp³-hybridized carbons (Fsp3) is 0.667. The number of carbonyl (C=O) groups is 2. The van der Waals surface area contributed by atoms with Crippen LogP contribution in [0.4, 0.5) is 5.69 Å². The number of amides is 2. The molecule has 3 fully saturated rings. The molecule has 0 bridgehead atoms. The van der Waals surface area contributed by atoms with Crippen LogP contribution in [0, 0.1) is 11.8 Å². The van der Waals surface area contributed by atoms with Crippen LogP contribution in [0.5, 0.6) is 0 Å². The summed E-state index contributed by atoms with van der Waals surface area (Å²) in [4.78, 5) is 26.4. The molecule has 4 atom stereocenters. The lowest BCUT2D eigenvalue weighted by Crippen LogP contribution is -2.60. The molecule has 2 amide bonds. The highest BCUT2D eigenvalue weighted by molar-refractivity contribution is 7.89. The summed E-state index contributed by atoms with van der Waals surface area (Å²) in [6.07, 6.45) is 8.20. The van der Waals surface area contributed by atoms with Gasteiger partial charge in [-0.25, -0.2) is 13.1 Å². The van der Waals surface area contributed by atoms with Crippen LogP contribution < -0.4 is 10.0 Å². The Kier molecular flexibility index (Phi) is 6.63. The van der Waals surface area contributed by atoms with Gasteiger partial charge in [-0.3, -0.25) is 9.59 Å². The molecule has 0 aromatic heterocycles. The summed E-state index contributed by atoms with van der Waals surface area (Å²) in [5, 5.41) is 2.66. The number of rotatable bonds is 6. The molecule has 1 aromatic carbocycles. The number of nitrogens with zero attached hydrogens (tertiary/aromatic N) is 1. The van der Waals surface area contributed by atoms with E-state index in [9.17, 15) is 18.0 Å². The van der Waals surface area contributed by atoms with Gasteiger partial charge in [-0.2, -0.15) is 0 Å². The van der Waals surface area contributed by atoms with Crippen LogP contribution in [0.1, 0.15) is 71.6 Å². The second-order valence-corrected chi connectivity index (χ2v) is 11.4. The number of hydrogen-bond donors (Lipinski definition) is 2. The van der Waals surface area contributed by atoms with Crippen LogP contribution in [0.25, 0.3) is 0 Å². The van der Waals surface area contributed by atoms with E-state index in [0.717, 1.165) is 57.9 Å². The van der Waals surface area contributed by atoms with E-state index in [2.05, 4.69) is 21.9 Å². The molecule has 176 valence electrons. The Hall–Kier alpha value is -1.93. The maximum absolute atomic E-state index is 13.2. The number of hydrogen-bond acceptors (Lipinski definition) is 4. The normalized spacial score (nSPS) is 30.4. The number of carbonyl (C=O) groups excluding carboxylic acids is 2. The van der Waals surface area contributed by atoms with E-state index in [1.807, 2.05) is 0 Å². The van der Waals surface area contributed by atoms with Crippen LogP contribution in [-0.2, 0) is 19.6 Å². The average molecular weight is 462 g/mol. The zero-order chi connectivity index (χ0) is 22.9. The number of anilines is 1. The van der Waals surface area contributed by atoms with E-state index in [1.165, 1.54) is 19.1 Å². The first-order valence-corrected chi connectivity index (χ1v) is 13.5. The fourth-order valence-electron chi connectivity index (χ4n) is 6.56. The molecule has 2 heterocycles. The molecular weight excluding hydrogens is 426 g/mol. The van der Waals surface area contributed by atoms with Gasteiger partial charge in [0.15, 0.2) is 0 Å². The third kappa shape index (κ3) is 4.31. The SMILES string of the molecule is CCC[C@H]1[C@@H](NS(=O)(=O)c2ccc(NC(C)=O)cc2)CC[C@@]23CCCN2C(=O)CCC[C@@H]13. The van der Waals surface area contributed by atoms with Gasteiger partial charge in [0.2, 0.25) is 21.8 Å². The summed E-state index contributed by atoms with van der Waals surface area (Å²) in [6.45, 7) is 4.43. The van der Waals surface area contributed by atoms with Gasteiger partial charge < -0.3 is 10.2 Å². The standard InChI is InChI=1S/C24H35N3O4S/c1-3-6-20-21-7-4-8-23(29)27-16-5-14-24(21,27)15-13-22(20)26-32(30,31)19-11-9-18(10-12-19)25-17(2)28/h9-12,20-22,26H,3-8,13-16H2,1-2H3,(H,25,28)/t20-,21+,22+,24-/m1/s1. The molecule has 8 heteroatoms. The Labute approximate surface area is 191 Å². The van der Waals surface area contributed by atoms with Crippen molar-refractivity contribution in [3.63, 3.8) is 0 Å². The molecule has 0 unspecified atom stereocenters. The fourth-order valence-corrected chi connectivity index (χ4v) is 7.89. The minimum absolute atomic E-state index is 0.0740. The summed E-state index contributed by atoms with van der Waals surface area (Å²) in [7, 11) is -3.68. The molecule has 4 rings (SSSR count). The van der Waals surface area contributed by atoms with Crippen LogP contribution in [0.3, 0.4) is 0 Å². The van der Waals surface area contributed by atoms with Gasteiger partial charge in [0.05, 0.1) is 4.90 Å². The lowest BCUT2D eigenvalue weighted by Gasteiger charge is -2.53. The quantitative estimate of drug-likeness (QED) is 0.676. The zero-order valence-electron chi connectivity index (χ0n) is 19.1. The highest BCUT2D eigenvalue weighted by atomic mass is 32.2. The van der Waals surface area contributed by atoms with Crippen molar-refractivity contribution < 1.29 is 18.0 Å². The van der Waals surface area contributed by atoms with Crippen LogP contribution in [-0.4, -0.2) is 43.3 Å². The molecule has 0 radical (unpaired) electrons. The third-order valence-corrected chi connectivity index (χ3v) is 9.27. The van der Waals surface area contributed by atoms with Gasteiger partial charge in [-0.05, 0) is 81.0 Å². The second-order valence-electron chi connectivity index (χ2n) is 9.68. The third-order valence-electron chi connectivity index (χ3n) is 7.76. The maximum atomic E-state index is 13.2. The molecule has 1 aromatic rings. The molecular formula is C24H35N3O4S. The van der Waals surface area contributed by atoms with Crippen molar-refractivity contribution in [3.8, 4) is 0 Å². The first-order chi connectivity index (χ1) is 15.3. The number of nitrogens with one attached hydrogen (secondary N) is 2. The average Bonchev–Trinajstić information content (AvgIpc) is 3.11. The predicted molar refractivity (Wildman–Crippen MR) is 124 cm³/mol. The molecule has 7 nitrogen and oxygen atoms in total. The van der Waals surface area contributed by atoms with Gasteiger partial charge >= 0.3 is 0 Å². The van der Waals surface area contributed by atoms with E-state index < -0.39 is 10.0 Å². The van der Waals surface area contributed by atoms with Crippen LogP contribution in [0.2, 0.25) is 0 Å². The summed E-state index contributed by atoms with van der Waals surface area (Å²) in [6, 6.07) is 6.18. The van der Waals surface area contributed by atoms with Crippen LogP contribution in [0.15, 0.2) is 29.2 Å². The van der Waals surface area contributed by atoms with Crippen molar-refractivity contribution in [2.75, 3.05) is 11.9 Å². The van der Waals surface area contributed by atoms with Crippen molar-refractivity contribution in [2.24, 2.45) is 11.8 Å². The monoisotopic (exact) mass is 461 g/mol. The molecule has 1 saturated carbocycles. The minimum Gasteiger partial charge on any atom is -0.337 e. The molecule has 2 N–H and O–H groups in total. The Morgan fingerprint density at radius 1 is 1.16 bits per heavy atom. The zero-order valence-corrected chi connectivity index (χ0v) is 19.9. The van der Waals surface area contributed by atoms with E-state index in [-0.39, 0.29) is 28.3 Å². The molecule has 2 aliphatic heterocycles. The maximum Gasteiger partial charge on any atom is 0.240 e. The van der Waals surface area contributed by atoms with Gasteiger partial charge in [0.1, 0.15) is 0 Å². The topological polar surface area (TPSA) is 95.6 Å². The largest absolute Gasteiger partial charge is 0.337 e. The second kappa shape index (κ2) is 9.14. The summed E-state index contributed by atoms with van der Waals surface area (Å²) in [5.41, 5.74) is 0.499. The highest BCUT2D eigenvalue weighted by Crippen LogP contribution is 2.52. The molecule has 32 heavy (non-hydrogen) atoms. The summed E-state index contributed by atoms with van der Waals surface area (Å²) in [5.74, 6) is 0.673. The lowest BCUT2D eigenvalue weighted by molar-refractivity contribution is -0.138. The minimum atomic E-state index is -3.68. The summed E-state index contributed by atoms with van der Waals surface area (Å²) >= 11 is 0. The van der Waals surface area contributed by atoms with Gasteiger partial charge in [-0.15, -0.1) is 0 Å². The van der Waals surface area contributed by atoms with Gasteiger partial charge in [0, 0.05) is 37.2 Å². The van der Waals surface area contributed by atoms with E-state index in [4.69, 9.17) is 0 Å². The number of benzene rings is 1. The Bertz CT molecular complexity index is 962. The van der Waals surface area contributed by atoms with E-state index in [0.29, 0.717) is 23.9 Å². The number of sulfonamides is 1. The van der Waals surface area contributed by atoms with Crippen molar-refractivity contribution in [2.45, 2.75) is 88.1 Å².